The fraction of sp³-hybridized carbons (Fsp3) is 0.458. The number of nitrogens with zero attached hydrogens (tertiary/aromatic N) is 1. The molecule has 2 aliphatic rings. The van der Waals surface area contributed by atoms with Gasteiger partial charge >= 0.3 is 0 Å². The average molecular weight is 496 g/mol. The molecule has 10 heteroatoms. The molecule has 0 unspecified atom stereocenters. The number of halogens is 3. The van der Waals surface area contributed by atoms with E-state index in [0.717, 1.165) is 24.5 Å². The molecule has 3 N–H and O–H groups in total. The summed E-state index contributed by atoms with van der Waals surface area (Å²) in [6.07, 6.45) is 2.82. The highest BCUT2D eigenvalue weighted by molar-refractivity contribution is 7.89. The van der Waals surface area contributed by atoms with Crippen LogP contribution in [0.4, 0.5) is 13.2 Å². The summed E-state index contributed by atoms with van der Waals surface area (Å²) >= 11 is 0. The predicted octanol–water partition coefficient (Wildman–Crippen LogP) is 3.03. The first-order valence-corrected chi connectivity index (χ1v) is 12.8. The van der Waals surface area contributed by atoms with E-state index < -0.39 is 33.5 Å². The summed E-state index contributed by atoms with van der Waals surface area (Å²) in [6, 6.07) is 7.11. The first-order valence-electron chi connectivity index (χ1n) is 11.3. The van der Waals surface area contributed by atoms with E-state index in [2.05, 4.69) is 4.72 Å². The number of amides is 1. The molecule has 2 saturated heterocycles. The second-order valence-electron chi connectivity index (χ2n) is 9.28. The van der Waals surface area contributed by atoms with E-state index in [1.807, 2.05) is 6.92 Å². The Balaban J connectivity index is 1.36. The number of carbonyl (C=O) groups is 1. The summed E-state index contributed by atoms with van der Waals surface area (Å²) in [5.41, 5.74) is 7.28. The van der Waals surface area contributed by atoms with Crippen molar-refractivity contribution in [3.05, 3.63) is 65.0 Å². The van der Waals surface area contributed by atoms with E-state index >= 15 is 0 Å². The van der Waals surface area contributed by atoms with Crippen molar-refractivity contribution in [2.45, 2.75) is 62.0 Å². The summed E-state index contributed by atoms with van der Waals surface area (Å²) in [6.45, 7) is 1.52. The van der Waals surface area contributed by atoms with E-state index in [1.54, 1.807) is 17.0 Å². The van der Waals surface area contributed by atoms with Crippen LogP contribution in [0.25, 0.3) is 0 Å². The fourth-order valence-corrected chi connectivity index (χ4v) is 6.14. The zero-order chi connectivity index (χ0) is 24.6. The van der Waals surface area contributed by atoms with Crippen LogP contribution in [0.1, 0.15) is 36.8 Å². The third-order valence-electron chi connectivity index (χ3n) is 6.95. The molecule has 2 heterocycles. The number of nitrogens with two attached hydrogens (primary N) is 1. The molecule has 0 saturated carbocycles. The van der Waals surface area contributed by atoms with E-state index in [1.165, 1.54) is 12.1 Å². The molecule has 0 aliphatic carbocycles. The van der Waals surface area contributed by atoms with Gasteiger partial charge in [0, 0.05) is 24.2 Å². The minimum Gasteiger partial charge on any atom is -0.336 e. The molecule has 2 fully saturated rings. The third-order valence-corrected chi connectivity index (χ3v) is 8.37. The summed E-state index contributed by atoms with van der Waals surface area (Å²) < 4.78 is 68.2. The second kappa shape index (κ2) is 9.67. The lowest BCUT2D eigenvalue weighted by Crippen LogP contribution is -2.52. The summed E-state index contributed by atoms with van der Waals surface area (Å²) in [5.74, 6) is -3.49. The summed E-state index contributed by atoms with van der Waals surface area (Å²) in [4.78, 5) is 14.8. The highest BCUT2D eigenvalue weighted by Crippen LogP contribution is 2.40. The zero-order valence-corrected chi connectivity index (χ0v) is 19.6. The Morgan fingerprint density at radius 3 is 2.26 bits per heavy atom. The number of piperidine rings is 1. The van der Waals surface area contributed by atoms with Crippen molar-refractivity contribution < 1.29 is 26.4 Å². The maximum atomic E-state index is 14.0. The normalized spacial score (nSPS) is 23.2. The van der Waals surface area contributed by atoms with Crippen LogP contribution in [0, 0.1) is 30.3 Å². The molecule has 2 aliphatic heterocycles. The number of aryl methyl sites for hydroxylation is 1. The van der Waals surface area contributed by atoms with Crippen molar-refractivity contribution in [2.75, 3.05) is 6.54 Å². The molecule has 6 nitrogen and oxygen atoms in total. The van der Waals surface area contributed by atoms with Gasteiger partial charge in [0.05, 0.1) is 11.4 Å². The van der Waals surface area contributed by atoms with Crippen LogP contribution in [0.2, 0.25) is 0 Å². The minimum atomic E-state index is -3.81. The maximum Gasteiger partial charge on any atom is 0.241 e. The van der Waals surface area contributed by atoms with Crippen LogP contribution in [-0.4, -0.2) is 43.9 Å². The largest absolute Gasteiger partial charge is 0.336 e. The number of rotatable bonds is 7. The lowest BCUT2D eigenvalue weighted by molar-refractivity contribution is -0.135. The van der Waals surface area contributed by atoms with E-state index in [4.69, 9.17) is 5.73 Å². The van der Waals surface area contributed by atoms with Crippen molar-refractivity contribution in [2.24, 2.45) is 11.7 Å². The molecule has 2 aromatic rings. The van der Waals surface area contributed by atoms with Crippen LogP contribution in [-0.2, 0) is 21.2 Å². The van der Waals surface area contributed by atoms with Gasteiger partial charge in [-0.15, -0.1) is 0 Å². The number of fused-ring (bicyclic) bond motifs is 2. The van der Waals surface area contributed by atoms with Gasteiger partial charge in [-0.1, -0.05) is 17.7 Å². The molecule has 1 amide bonds. The van der Waals surface area contributed by atoms with Gasteiger partial charge in [0.25, 0.3) is 0 Å². The predicted molar refractivity (Wildman–Crippen MR) is 121 cm³/mol. The van der Waals surface area contributed by atoms with Gasteiger partial charge in [0.2, 0.25) is 15.9 Å². The lowest BCUT2D eigenvalue weighted by Gasteiger charge is -2.41. The Hall–Kier alpha value is -2.43. The van der Waals surface area contributed by atoms with Crippen molar-refractivity contribution in [1.82, 2.24) is 9.62 Å². The Morgan fingerprint density at radius 1 is 1.06 bits per heavy atom. The van der Waals surface area contributed by atoms with Gasteiger partial charge in [-0.3, -0.25) is 4.79 Å². The van der Waals surface area contributed by atoms with Crippen molar-refractivity contribution >= 4 is 15.9 Å². The number of benzene rings is 2. The Kier molecular flexibility index (Phi) is 7.02. The van der Waals surface area contributed by atoms with Crippen LogP contribution < -0.4 is 10.5 Å². The van der Waals surface area contributed by atoms with E-state index in [0.29, 0.717) is 18.9 Å². The first-order chi connectivity index (χ1) is 16.0. The smallest absolute Gasteiger partial charge is 0.241 e. The van der Waals surface area contributed by atoms with Crippen LogP contribution in [0.5, 0.6) is 0 Å². The molecule has 184 valence electrons. The highest BCUT2D eigenvalue weighted by Gasteiger charge is 2.44. The quantitative estimate of drug-likeness (QED) is 0.578. The lowest BCUT2D eigenvalue weighted by atomic mass is 9.82. The maximum absolute atomic E-state index is 14.0. The Labute approximate surface area is 197 Å². The van der Waals surface area contributed by atoms with E-state index in [9.17, 15) is 26.4 Å². The molecular formula is C24H28F3N3O3S. The van der Waals surface area contributed by atoms with Crippen LogP contribution >= 0.6 is 0 Å². The van der Waals surface area contributed by atoms with Gasteiger partial charge in [0.1, 0.15) is 5.82 Å². The molecule has 4 atom stereocenters. The number of sulfonamides is 1. The monoisotopic (exact) mass is 495 g/mol. The molecular weight excluding hydrogens is 467 g/mol. The number of carbonyl (C=O) groups excluding carboxylic acids is 1. The standard InChI is InChI=1S/C24H28F3N3O3S/c1-14-2-6-19(7-3-14)34(32,33)29-13-24(31)30-17-4-5-18(30)9-16(8-17)23(28)11-15-10-21(26)22(27)12-20(15)25/h2-3,6-7,10,12,16-18,23,29H,4-5,8-9,11,13,28H2,1H3/t16-,17-,18+,23-/m1/s1. The van der Waals surface area contributed by atoms with Gasteiger partial charge in [-0.2, -0.15) is 0 Å². The number of nitrogens with one attached hydrogen (secondary N) is 1. The van der Waals surface area contributed by atoms with Gasteiger partial charge < -0.3 is 10.6 Å². The summed E-state index contributed by atoms with van der Waals surface area (Å²) in [7, 11) is -3.81. The van der Waals surface area contributed by atoms with Crippen LogP contribution in [0.15, 0.2) is 41.3 Å². The van der Waals surface area contributed by atoms with Gasteiger partial charge in [0.15, 0.2) is 11.6 Å². The first kappa shape index (κ1) is 24.7. The van der Waals surface area contributed by atoms with E-state index in [-0.39, 0.29) is 47.3 Å². The molecule has 2 bridgehead atoms. The molecule has 34 heavy (non-hydrogen) atoms. The third kappa shape index (κ3) is 5.13. The van der Waals surface area contributed by atoms with Gasteiger partial charge in [-0.25, -0.2) is 26.3 Å². The van der Waals surface area contributed by atoms with Gasteiger partial charge in [-0.05, 0) is 68.7 Å². The molecule has 4 rings (SSSR count). The highest BCUT2D eigenvalue weighted by atomic mass is 32.2. The van der Waals surface area contributed by atoms with Crippen LogP contribution in [0.3, 0.4) is 0 Å². The second-order valence-corrected chi connectivity index (χ2v) is 11.0. The van der Waals surface area contributed by atoms with Crippen molar-refractivity contribution in [1.29, 1.82) is 0 Å². The molecule has 2 aromatic carbocycles. The molecule has 0 spiro atoms. The summed E-state index contributed by atoms with van der Waals surface area (Å²) in [5, 5.41) is 0. The molecule has 0 radical (unpaired) electrons. The number of hydrogen-bond donors (Lipinski definition) is 2. The zero-order valence-electron chi connectivity index (χ0n) is 18.8. The minimum absolute atomic E-state index is 0.0154. The fourth-order valence-electron chi connectivity index (χ4n) is 5.17. The Bertz CT molecular complexity index is 1160. The Morgan fingerprint density at radius 2 is 1.65 bits per heavy atom. The van der Waals surface area contributed by atoms with Crippen molar-refractivity contribution in [3.8, 4) is 0 Å². The van der Waals surface area contributed by atoms with Crippen molar-refractivity contribution in [3.63, 3.8) is 0 Å². The average Bonchev–Trinajstić information content (AvgIpc) is 3.05. The SMILES string of the molecule is Cc1ccc(S(=O)(=O)NCC(=O)N2[C@@H]3CC[C@H]2C[C@H]([C@H](N)Cc2cc(F)c(F)cc2F)C3)cc1. The molecule has 0 aromatic heterocycles. The topological polar surface area (TPSA) is 92.5 Å². The number of hydrogen-bond acceptors (Lipinski definition) is 4.